The second kappa shape index (κ2) is 7.91. The lowest BCUT2D eigenvalue weighted by Gasteiger charge is -2.11. The van der Waals surface area contributed by atoms with Gasteiger partial charge in [-0.1, -0.05) is 41.7 Å². The lowest BCUT2D eigenvalue weighted by molar-refractivity contribution is -0.138. The second-order valence-corrected chi connectivity index (χ2v) is 7.58. The summed E-state index contributed by atoms with van der Waals surface area (Å²) in [4.78, 5) is 17.3. The van der Waals surface area contributed by atoms with Crippen molar-refractivity contribution in [2.75, 3.05) is 7.11 Å². The summed E-state index contributed by atoms with van der Waals surface area (Å²) < 4.78 is 46.2. The largest absolute Gasteiger partial charge is 0.497 e. The van der Waals surface area contributed by atoms with Crippen molar-refractivity contribution in [1.29, 1.82) is 0 Å². The molecule has 2 aromatic carbocycles. The first-order valence-electron chi connectivity index (χ1n) is 9.04. The summed E-state index contributed by atoms with van der Waals surface area (Å²) in [5.74, 6) is 1.06. The molecule has 2 heterocycles. The van der Waals surface area contributed by atoms with E-state index in [4.69, 9.17) is 4.74 Å². The van der Waals surface area contributed by atoms with Crippen molar-refractivity contribution in [3.8, 4) is 5.75 Å². The van der Waals surface area contributed by atoms with E-state index in [1.54, 1.807) is 31.4 Å². The van der Waals surface area contributed by atoms with Crippen molar-refractivity contribution in [1.82, 2.24) is 14.6 Å². The van der Waals surface area contributed by atoms with Gasteiger partial charge < -0.3 is 4.74 Å². The maximum absolute atomic E-state index is 13.1. The Balaban J connectivity index is 1.57. The Morgan fingerprint density at radius 2 is 1.83 bits per heavy atom. The van der Waals surface area contributed by atoms with Crippen molar-refractivity contribution in [2.24, 2.45) is 0 Å². The molecule has 30 heavy (non-hydrogen) atoms. The summed E-state index contributed by atoms with van der Waals surface area (Å²) in [5, 5.41) is 4.19. The Morgan fingerprint density at radius 3 is 2.50 bits per heavy atom. The van der Waals surface area contributed by atoms with E-state index in [1.807, 2.05) is 12.1 Å². The minimum Gasteiger partial charge on any atom is -0.497 e. The highest BCUT2D eigenvalue weighted by Gasteiger charge is 2.32. The molecule has 5 nitrogen and oxygen atoms in total. The van der Waals surface area contributed by atoms with Crippen LogP contribution in [0.5, 0.6) is 5.75 Å². The number of fused-ring (bicyclic) bond motifs is 1. The lowest BCUT2D eigenvalue weighted by Crippen LogP contribution is -2.23. The van der Waals surface area contributed by atoms with Crippen LogP contribution in [0, 0.1) is 0 Å². The fourth-order valence-corrected chi connectivity index (χ4v) is 4.02. The van der Waals surface area contributed by atoms with Crippen LogP contribution in [0.1, 0.15) is 22.5 Å². The predicted molar refractivity (Wildman–Crippen MR) is 108 cm³/mol. The van der Waals surface area contributed by atoms with Gasteiger partial charge in [0.05, 0.1) is 17.2 Å². The van der Waals surface area contributed by atoms with E-state index < -0.39 is 11.7 Å². The molecule has 0 radical (unpaired) electrons. The Morgan fingerprint density at radius 1 is 1.10 bits per heavy atom. The molecule has 2 aromatic heterocycles. The number of methoxy groups -OCH3 is 1. The number of thiazole rings is 1. The SMILES string of the molecule is COc1ccc(/C=c2\sc3nc(CCc4ccccc4C(F)(F)F)nn3c2=O)cc1. The van der Waals surface area contributed by atoms with Crippen LogP contribution in [-0.2, 0) is 19.0 Å². The van der Waals surface area contributed by atoms with Gasteiger partial charge in [0.15, 0.2) is 5.82 Å². The summed E-state index contributed by atoms with van der Waals surface area (Å²) in [6.45, 7) is 0. The quantitative estimate of drug-likeness (QED) is 0.485. The van der Waals surface area contributed by atoms with Crippen LogP contribution in [0.25, 0.3) is 11.0 Å². The molecule has 0 saturated heterocycles. The number of nitrogens with zero attached hydrogens (tertiary/aromatic N) is 3. The Labute approximate surface area is 173 Å². The molecule has 4 rings (SSSR count). The molecule has 0 aliphatic carbocycles. The highest BCUT2D eigenvalue weighted by molar-refractivity contribution is 7.15. The summed E-state index contributed by atoms with van der Waals surface area (Å²) in [7, 11) is 1.58. The van der Waals surface area contributed by atoms with Crippen molar-refractivity contribution in [3.63, 3.8) is 0 Å². The van der Waals surface area contributed by atoms with Gasteiger partial charge in [-0.05, 0) is 41.8 Å². The van der Waals surface area contributed by atoms with Crippen molar-refractivity contribution in [3.05, 3.63) is 85.9 Å². The zero-order valence-electron chi connectivity index (χ0n) is 15.8. The molecular weight excluding hydrogens is 415 g/mol. The number of alkyl halides is 3. The van der Waals surface area contributed by atoms with Gasteiger partial charge in [-0.25, -0.2) is 4.98 Å². The van der Waals surface area contributed by atoms with Gasteiger partial charge in [0.1, 0.15) is 5.75 Å². The average molecular weight is 431 g/mol. The van der Waals surface area contributed by atoms with Crippen LogP contribution in [-0.4, -0.2) is 21.7 Å². The number of hydrogen-bond donors (Lipinski definition) is 0. The molecule has 0 bridgehead atoms. The number of benzene rings is 2. The normalized spacial score (nSPS) is 12.6. The Hall–Kier alpha value is -3.20. The van der Waals surface area contributed by atoms with Gasteiger partial charge in [0.2, 0.25) is 4.96 Å². The van der Waals surface area contributed by atoms with Crippen LogP contribution in [0.3, 0.4) is 0 Å². The summed E-state index contributed by atoms with van der Waals surface area (Å²) in [5.41, 5.74) is 0.0487. The van der Waals surface area contributed by atoms with Gasteiger partial charge in [0.25, 0.3) is 5.56 Å². The van der Waals surface area contributed by atoms with E-state index >= 15 is 0 Å². The predicted octanol–water partition coefficient (Wildman–Crippen LogP) is 3.51. The van der Waals surface area contributed by atoms with Gasteiger partial charge >= 0.3 is 6.18 Å². The van der Waals surface area contributed by atoms with Crippen molar-refractivity contribution < 1.29 is 17.9 Å². The Bertz CT molecular complexity index is 1290. The summed E-state index contributed by atoms with van der Waals surface area (Å²) in [6, 6.07) is 12.7. The van der Waals surface area contributed by atoms with Crippen LogP contribution in [0.2, 0.25) is 0 Å². The third-order valence-electron chi connectivity index (χ3n) is 4.58. The fraction of sp³-hybridized carbons (Fsp3) is 0.190. The first-order valence-corrected chi connectivity index (χ1v) is 9.86. The first kappa shape index (κ1) is 20.1. The molecule has 0 N–H and O–H groups in total. The van der Waals surface area contributed by atoms with Gasteiger partial charge in [0, 0.05) is 6.42 Å². The van der Waals surface area contributed by atoms with E-state index in [9.17, 15) is 18.0 Å². The molecule has 154 valence electrons. The standard InChI is InChI=1S/C21H16F3N3O2S/c1-29-15-9-6-13(7-10-15)12-17-19(28)27-20(30-17)25-18(26-27)11-8-14-4-2-3-5-16(14)21(22,23)24/h2-7,9-10,12H,8,11H2,1H3/b17-12-. The van der Waals surface area contributed by atoms with Crippen LogP contribution >= 0.6 is 11.3 Å². The minimum absolute atomic E-state index is 0.131. The molecule has 0 aliphatic rings. The van der Waals surface area contributed by atoms with E-state index in [-0.39, 0.29) is 24.0 Å². The first-order chi connectivity index (χ1) is 14.3. The van der Waals surface area contributed by atoms with Crippen LogP contribution < -0.4 is 14.8 Å². The molecule has 0 unspecified atom stereocenters. The van der Waals surface area contributed by atoms with Crippen molar-refractivity contribution >= 4 is 22.4 Å². The average Bonchev–Trinajstić information content (AvgIpc) is 3.25. The third kappa shape index (κ3) is 4.06. The maximum atomic E-state index is 13.1. The van der Waals surface area contributed by atoms with Crippen LogP contribution in [0.4, 0.5) is 13.2 Å². The fourth-order valence-electron chi connectivity index (χ4n) is 3.09. The second-order valence-electron chi connectivity index (χ2n) is 6.57. The van der Waals surface area contributed by atoms with E-state index in [0.29, 0.717) is 21.1 Å². The zero-order valence-corrected chi connectivity index (χ0v) is 16.6. The Kier molecular flexibility index (Phi) is 5.29. The number of aromatic nitrogens is 3. The molecule has 9 heteroatoms. The van der Waals surface area contributed by atoms with Crippen LogP contribution in [0.15, 0.2) is 53.3 Å². The van der Waals surface area contributed by atoms with Gasteiger partial charge in [-0.15, -0.1) is 5.10 Å². The summed E-state index contributed by atoms with van der Waals surface area (Å²) >= 11 is 1.19. The molecule has 0 aliphatic heterocycles. The minimum atomic E-state index is -4.41. The molecule has 0 fully saturated rings. The monoisotopic (exact) mass is 431 g/mol. The highest BCUT2D eigenvalue weighted by atomic mass is 32.1. The smallest absolute Gasteiger partial charge is 0.416 e. The van der Waals surface area contributed by atoms with Crippen molar-refractivity contribution in [2.45, 2.75) is 19.0 Å². The maximum Gasteiger partial charge on any atom is 0.416 e. The lowest BCUT2D eigenvalue weighted by atomic mass is 10.0. The third-order valence-corrected chi connectivity index (χ3v) is 5.54. The number of rotatable bonds is 5. The molecule has 4 aromatic rings. The molecular formula is C21H16F3N3O2S. The summed E-state index contributed by atoms with van der Waals surface area (Å²) in [6.07, 6.45) is -2.33. The number of halogens is 3. The van der Waals surface area contributed by atoms with E-state index in [1.165, 1.54) is 28.0 Å². The number of ether oxygens (including phenoxy) is 1. The molecule has 0 saturated carbocycles. The molecule has 0 atom stereocenters. The van der Waals surface area contributed by atoms with E-state index in [2.05, 4.69) is 10.1 Å². The topological polar surface area (TPSA) is 56.5 Å². The van der Waals surface area contributed by atoms with Gasteiger partial charge in [-0.3, -0.25) is 4.79 Å². The number of aryl methyl sites for hydroxylation is 2. The zero-order chi connectivity index (χ0) is 21.3. The molecule has 0 spiro atoms. The highest BCUT2D eigenvalue weighted by Crippen LogP contribution is 2.32. The number of hydrogen-bond acceptors (Lipinski definition) is 5. The molecule has 0 amide bonds. The van der Waals surface area contributed by atoms with E-state index in [0.717, 1.165) is 11.6 Å². The van der Waals surface area contributed by atoms with Gasteiger partial charge in [-0.2, -0.15) is 17.7 Å².